The Morgan fingerprint density at radius 2 is 1.74 bits per heavy atom. The minimum Gasteiger partial charge on any atom is -0.461 e. The molecule has 11 heteroatoms. The van der Waals surface area contributed by atoms with E-state index in [9.17, 15) is 18.0 Å². The van der Waals surface area contributed by atoms with Gasteiger partial charge in [0.05, 0.1) is 24.7 Å². The van der Waals surface area contributed by atoms with E-state index in [1.807, 2.05) is 18.2 Å². The second-order valence-corrected chi connectivity index (χ2v) is 18.5. The van der Waals surface area contributed by atoms with E-state index in [1.165, 1.54) is 10.6 Å². The zero-order valence-corrected chi connectivity index (χ0v) is 27.6. The standard InChI is InChI=1S/C32H39N3O6SSi/c1-8-40-31(37)28-20-25-26(24(27-16-12-13-18-33-27)17-19-41-43(6,7)32(2,3)4)21-34(5)30(36)29(25)35(28)42(38,39)22-23-14-10-9-11-15-23/h9-18,20-21H,8,19,22H2,1-7H3. The zero-order valence-electron chi connectivity index (χ0n) is 25.7. The van der Waals surface area contributed by atoms with E-state index in [-0.39, 0.29) is 29.5 Å². The average Bonchev–Trinajstić information content (AvgIpc) is 3.36. The molecule has 0 aliphatic rings. The molecule has 0 saturated heterocycles. The molecule has 3 aromatic heterocycles. The maximum atomic E-state index is 14.0. The van der Waals surface area contributed by atoms with Crippen molar-refractivity contribution in [2.45, 2.75) is 51.6 Å². The lowest BCUT2D eigenvalue weighted by Crippen LogP contribution is -2.40. The molecule has 228 valence electrons. The second-order valence-electron chi connectivity index (χ2n) is 11.9. The molecule has 0 amide bonds. The summed E-state index contributed by atoms with van der Waals surface area (Å²) in [5.41, 5.74) is 1.37. The third-order valence-electron chi connectivity index (χ3n) is 7.82. The van der Waals surface area contributed by atoms with E-state index in [1.54, 1.807) is 62.8 Å². The molecule has 4 rings (SSSR count). The summed E-state index contributed by atoms with van der Waals surface area (Å²) in [5, 5.41) is 0.293. The number of benzene rings is 1. The highest BCUT2D eigenvalue weighted by atomic mass is 32.2. The first-order valence-corrected chi connectivity index (χ1v) is 18.6. The molecule has 0 saturated carbocycles. The van der Waals surface area contributed by atoms with Crippen LogP contribution in [0.2, 0.25) is 18.1 Å². The third kappa shape index (κ3) is 6.74. The number of carbonyl (C=O) groups is 1. The number of rotatable bonds is 10. The molecule has 0 fully saturated rings. The number of aryl methyl sites for hydroxylation is 1. The molecular weight excluding hydrogens is 583 g/mol. The lowest BCUT2D eigenvalue weighted by atomic mass is 10.00. The van der Waals surface area contributed by atoms with Crippen LogP contribution in [0.25, 0.3) is 16.5 Å². The Morgan fingerprint density at radius 3 is 2.35 bits per heavy atom. The van der Waals surface area contributed by atoms with Crippen LogP contribution < -0.4 is 5.56 Å². The van der Waals surface area contributed by atoms with E-state index in [0.717, 1.165) is 3.97 Å². The van der Waals surface area contributed by atoms with Gasteiger partial charge in [-0.3, -0.25) is 9.78 Å². The van der Waals surface area contributed by atoms with Crippen LogP contribution in [-0.4, -0.2) is 49.4 Å². The summed E-state index contributed by atoms with van der Waals surface area (Å²) in [7, 11) is -4.79. The summed E-state index contributed by atoms with van der Waals surface area (Å²) in [5.74, 6) is -1.26. The van der Waals surface area contributed by atoms with Gasteiger partial charge in [0.25, 0.3) is 5.56 Å². The first-order chi connectivity index (χ1) is 20.2. The summed E-state index contributed by atoms with van der Waals surface area (Å²) in [6.45, 7) is 12.8. The van der Waals surface area contributed by atoms with Gasteiger partial charge < -0.3 is 13.7 Å². The van der Waals surface area contributed by atoms with Crippen molar-refractivity contribution in [1.29, 1.82) is 0 Å². The normalized spacial score (nSPS) is 13.0. The molecule has 0 radical (unpaired) electrons. The van der Waals surface area contributed by atoms with Gasteiger partial charge in [-0.2, -0.15) is 0 Å². The molecule has 0 unspecified atom stereocenters. The summed E-state index contributed by atoms with van der Waals surface area (Å²) in [6, 6.07) is 15.5. The van der Waals surface area contributed by atoms with Gasteiger partial charge in [-0.1, -0.05) is 63.2 Å². The van der Waals surface area contributed by atoms with Gasteiger partial charge in [-0.15, -0.1) is 0 Å². The maximum absolute atomic E-state index is 14.0. The highest BCUT2D eigenvalue weighted by Crippen LogP contribution is 2.37. The molecule has 0 aliphatic heterocycles. The molecule has 4 aromatic rings. The Kier molecular flexibility index (Phi) is 9.29. The number of aromatic nitrogens is 3. The Balaban J connectivity index is 2.01. The Bertz CT molecular complexity index is 1820. The van der Waals surface area contributed by atoms with Crippen molar-refractivity contribution >= 4 is 40.8 Å². The molecule has 0 spiro atoms. The lowest BCUT2D eigenvalue weighted by molar-refractivity contribution is 0.0518. The quantitative estimate of drug-likeness (QED) is 0.164. The van der Waals surface area contributed by atoms with Crippen molar-refractivity contribution in [2.24, 2.45) is 7.05 Å². The maximum Gasteiger partial charge on any atom is 0.356 e. The molecule has 0 aliphatic carbocycles. The van der Waals surface area contributed by atoms with Crippen molar-refractivity contribution in [1.82, 2.24) is 13.5 Å². The molecule has 1 aromatic carbocycles. The van der Waals surface area contributed by atoms with Crippen LogP contribution in [0.3, 0.4) is 0 Å². The summed E-state index contributed by atoms with van der Waals surface area (Å²) >= 11 is 0. The highest BCUT2D eigenvalue weighted by molar-refractivity contribution is 7.89. The van der Waals surface area contributed by atoms with E-state index in [2.05, 4.69) is 38.8 Å². The number of hydrogen-bond donors (Lipinski definition) is 0. The van der Waals surface area contributed by atoms with Crippen molar-refractivity contribution in [3.05, 3.63) is 106 Å². The number of ether oxygens (including phenoxy) is 1. The summed E-state index contributed by atoms with van der Waals surface area (Å²) < 4.78 is 41.8. The largest absolute Gasteiger partial charge is 0.461 e. The van der Waals surface area contributed by atoms with Crippen molar-refractivity contribution in [3.8, 4) is 0 Å². The van der Waals surface area contributed by atoms with Crippen LogP contribution in [-0.2, 0) is 32.0 Å². The number of nitrogens with zero attached hydrogens (tertiary/aromatic N) is 3. The monoisotopic (exact) mass is 621 g/mol. The molecule has 0 atom stereocenters. The second kappa shape index (κ2) is 12.4. The van der Waals surface area contributed by atoms with Crippen LogP contribution in [0.5, 0.6) is 0 Å². The average molecular weight is 622 g/mol. The third-order valence-corrected chi connectivity index (χ3v) is 14.0. The van der Waals surface area contributed by atoms with Crippen LogP contribution in [0, 0.1) is 0 Å². The van der Waals surface area contributed by atoms with E-state index in [4.69, 9.17) is 9.16 Å². The molecule has 0 N–H and O–H groups in total. The molecular formula is C32H39N3O6SSi. The van der Waals surface area contributed by atoms with Gasteiger partial charge in [0.2, 0.25) is 10.0 Å². The fourth-order valence-corrected chi connectivity index (χ4v) is 7.07. The fraction of sp³-hybridized carbons (Fsp3) is 0.344. The van der Waals surface area contributed by atoms with Crippen molar-refractivity contribution in [3.63, 3.8) is 0 Å². The Labute approximate surface area is 254 Å². The topological polar surface area (TPSA) is 109 Å². The first kappa shape index (κ1) is 32.1. The smallest absolute Gasteiger partial charge is 0.356 e. The van der Waals surface area contributed by atoms with Crippen molar-refractivity contribution < 1.29 is 22.4 Å². The van der Waals surface area contributed by atoms with Crippen LogP contribution in [0.15, 0.2) is 77.9 Å². The lowest BCUT2D eigenvalue weighted by Gasteiger charge is -2.35. The predicted molar refractivity (Wildman–Crippen MR) is 172 cm³/mol. The zero-order chi connectivity index (χ0) is 31.6. The van der Waals surface area contributed by atoms with Gasteiger partial charge in [-0.05, 0) is 48.8 Å². The summed E-state index contributed by atoms with van der Waals surface area (Å²) in [6.07, 6.45) is 5.21. The Hall–Kier alpha value is -3.80. The number of carbonyl (C=O) groups excluding carboxylic acids is 1. The minimum absolute atomic E-state index is 0.00517. The molecule has 9 nitrogen and oxygen atoms in total. The fourth-order valence-electron chi connectivity index (χ4n) is 4.51. The van der Waals surface area contributed by atoms with Gasteiger partial charge in [0.1, 0.15) is 11.2 Å². The van der Waals surface area contributed by atoms with Gasteiger partial charge in [0.15, 0.2) is 8.32 Å². The number of pyridine rings is 2. The molecule has 3 heterocycles. The molecule has 43 heavy (non-hydrogen) atoms. The van der Waals surface area contributed by atoms with Gasteiger partial charge in [-0.25, -0.2) is 17.2 Å². The van der Waals surface area contributed by atoms with E-state index in [0.29, 0.717) is 27.8 Å². The summed E-state index contributed by atoms with van der Waals surface area (Å²) in [4.78, 5) is 31.4. The Morgan fingerprint density at radius 1 is 1.07 bits per heavy atom. The number of esters is 1. The van der Waals surface area contributed by atoms with Crippen LogP contribution in [0.4, 0.5) is 0 Å². The number of fused-ring (bicyclic) bond motifs is 1. The van der Waals surface area contributed by atoms with Gasteiger partial charge in [0, 0.05) is 36.0 Å². The highest BCUT2D eigenvalue weighted by Gasteiger charge is 2.37. The van der Waals surface area contributed by atoms with Crippen LogP contribution >= 0.6 is 0 Å². The predicted octanol–water partition coefficient (Wildman–Crippen LogP) is 5.74. The minimum atomic E-state index is -4.24. The molecule has 0 bridgehead atoms. The van der Waals surface area contributed by atoms with Gasteiger partial charge >= 0.3 is 5.97 Å². The number of hydrogen-bond acceptors (Lipinski definition) is 7. The van der Waals surface area contributed by atoms with Crippen molar-refractivity contribution in [2.75, 3.05) is 13.2 Å². The van der Waals surface area contributed by atoms with E-state index < -0.39 is 35.6 Å². The van der Waals surface area contributed by atoms with Crippen LogP contribution in [0.1, 0.15) is 55.0 Å². The van der Waals surface area contributed by atoms with E-state index >= 15 is 0 Å². The SMILES string of the molecule is CCOC(=O)c1cc2c(C(=CCO[Si](C)(C)C(C)(C)C)c3ccccn3)cn(C)c(=O)c2n1S(=O)(=O)Cc1ccccc1. The first-order valence-electron chi connectivity index (χ1n) is 14.1.